The molecule has 8 heteroatoms. The van der Waals surface area contributed by atoms with Gasteiger partial charge < -0.3 is 10.1 Å². The summed E-state index contributed by atoms with van der Waals surface area (Å²) in [5, 5.41) is 6.55. The molecular formula is C21H19FN4O2S. The zero-order valence-corrected chi connectivity index (χ0v) is 16.3. The molecule has 3 heterocycles. The number of aromatic nitrogens is 1. The Morgan fingerprint density at radius 2 is 2.07 bits per heavy atom. The second-order valence-corrected chi connectivity index (χ2v) is 9.06. The van der Waals surface area contributed by atoms with Gasteiger partial charge in [-0.3, -0.25) is 10.2 Å². The van der Waals surface area contributed by atoms with Crippen molar-refractivity contribution in [3.05, 3.63) is 48.3 Å². The molecule has 6 rings (SSSR count). The molecule has 29 heavy (non-hydrogen) atoms. The van der Waals surface area contributed by atoms with Crippen molar-refractivity contribution >= 4 is 32.7 Å². The molecule has 148 valence electrons. The number of carbonyl (C=O) groups is 1. The van der Waals surface area contributed by atoms with Crippen LogP contribution in [0.4, 0.5) is 14.3 Å². The Morgan fingerprint density at radius 1 is 1.24 bits per heavy atom. The van der Waals surface area contributed by atoms with Crippen LogP contribution in [-0.2, 0) is 0 Å². The number of anilines is 1. The molecule has 3 fully saturated rings. The second kappa shape index (κ2) is 6.14. The van der Waals surface area contributed by atoms with E-state index in [0.717, 1.165) is 16.6 Å². The Bertz CT molecular complexity index is 1120. The number of urea groups is 1. The maximum atomic E-state index is 13.0. The van der Waals surface area contributed by atoms with Crippen molar-refractivity contribution in [2.45, 2.75) is 24.4 Å². The van der Waals surface area contributed by atoms with Gasteiger partial charge >= 0.3 is 6.03 Å². The lowest BCUT2D eigenvalue weighted by molar-refractivity contribution is 0.153. The molecule has 6 nitrogen and oxygen atoms in total. The first-order valence-corrected chi connectivity index (χ1v) is 10.6. The summed E-state index contributed by atoms with van der Waals surface area (Å²) in [5.74, 6) is 1.50. The maximum Gasteiger partial charge on any atom is 0.321 e. The number of hydrogen-bond donors (Lipinski definition) is 2. The van der Waals surface area contributed by atoms with E-state index in [-0.39, 0.29) is 17.9 Å². The highest BCUT2D eigenvalue weighted by Gasteiger charge is 2.70. The molecule has 2 N–H and O–H groups in total. The average Bonchev–Trinajstić information content (AvgIpc) is 3.16. The van der Waals surface area contributed by atoms with Gasteiger partial charge in [0.15, 0.2) is 5.13 Å². The maximum absolute atomic E-state index is 13.0. The summed E-state index contributed by atoms with van der Waals surface area (Å²) in [5.41, 5.74) is 1.22. The van der Waals surface area contributed by atoms with E-state index < -0.39 is 0 Å². The monoisotopic (exact) mass is 410 g/mol. The lowest BCUT2D eigenvalue weighted by Crippen LogP contribution is -2.57. The van der Waals surface area contributed by atoms with Crippen LogP contribution in [0.3, 0.4) is 0 Å². The second-order valence-electron chi connectivity index (χ2n) is 8.03. The van der Waals surface area contributed by atoms with E-state index in [0.29, 0.717) is 28.1 Å². The van der Waals surface area contributed by atoms with Crippen LogP contribution < -0.4 is 15.4 Å². The molecule has 2 aromatic carbocycles. The van der Waals surface area contributed by atoms with Gasteiger partial charge in [0.05, 0.1) is 10.2 Å². The Morgan fingerprint density at radius 3 is 2.86 bits per heavy atom. The standard InChI is InChI=1S/C21H19FN4O2S/c22-12-1-3-13(4-2-12)28-14-5-6-16-18(9-14)29-20(24-16)25-19(27)23-17-10-21-11-26(21)8-7-15(17)21/h1-6,9,15,17H,7-8,10-11H2,(H2,23,24,25,27). The minimum absolute atomic E-state index is 0.189. The predicted octanol–water partition coefficient (Wildman–Crippen LogP) is 4.20. The number of hydrogen-bond acceptors (Lipinski definition) is 5. The van der Waals surface area contributed by atoms with Gasteiger partial charge in [0.1, 0.15) is 17.3 Å². The number of benzene rings is 2. The van der Waals surface area contributed by atoms with Crippen molar-refractivity contribution in [3.8, 4) is 11.5 Å². The normalized spacial score (nSPS) is 28.9. The fourth-order valence-corrected chi connectivity index (χ4v) is 5.80. The Kier molecular flexibility index (Phi) is 3.64. The average molecular weight is 410 g/mol. The minimum Gasteiger partial charge on any atom is -0.457 e. The predicted molar refractivity (Wildman–Crippen MR) is 109 cm³/mol. The van der Waals surface area contributed by atoms with Gasteiger partial charge in [0.25, 0.3) is 0 Å². The zero-order valence-electron chi connectivity index (χ0n) is 15.5. The quantitative estimate of drug-likeness (QED) is 0.633. The first kappa shape index (κ1) is 17.2. The molecule has 2 amide bonds. The molecule has 0 bridgehead atoms. The largest absolute Gasteiger partial charge is 0.457 e. The van der Waals surface area contributed by atoms with Gasteiger partial charge in [-0.15, -0.1) is 0 Å². The summed E-state index contributed by atoms with van der Waals surface area (Å²) in [6, 6.07) is 11.5. The van der Waals surface area contributed by atoms with E-state index in [1.54, 1.807) is 12.1 Å². The number of carbonyl (C=O) groups excluding carboxylic acids is 1. The van der Waals surface area contributed by atoms with Gasteiger partial charge in [-0.25, -0.2) is 14.2 Å². The number of fused-ring (bicyclic) bond motifs is 1. The molecule has 1 spiro atoms. The van der Waals surface area contributed by atoms with E-state index in [2.05, 4.69) is 20.5 Å². The Hall–Kier alpha value is -2.71. The third kappa shape index (κ3) is 2.86. The van der Waals surface area contributed by atoms with E-state index >= 15 is 0 Å². The van der Waals surface area contributed by atoms with Gasteiger partial charge in [-0.2, -0.15) is 0 Å². The summed E-state index contributed by atoms with van der Waals surface area (Å²) < 4.78 is 19.7. The van der Waals surface area contributed by atoms with E-state index in [1.165, 1.54) is 43.0 Å². The van der Waals surface area contributed by atoms with Gasteiger partial charge in [-0.1, -0.05) is 11.3 Å². The number of rotatable bonds is 4. The third-order valence-corrected chi connectivity index (χ3v) is 7.33. The van der Waals surface area contributed by atoms with Crippen molar-refractivity contribution in [2.75, 3.05) is 18.4 Å². The van der Waals surface area contributed by atoms with Crippen molar-refractivity contribution < 1.29 is 13.9 Å². The van der Waals surface area contributed by atoms with Crippen LogP contribution in [0.25, 0.3) is 10.2 Å². The number of halogens is 1. The fourth-order valence-electron chi connectivity index (χ4n) is 4.91. The van der Waals surface area contributed by atoms with Crippen LogP contribution in [0.1, 0.15) is 12.8 Å². The topological polar surface area (TPSA) is 66.3 Å². The molecule has 3 aromatic rings. The van der Waals surface area contributed by atoms with Gasteiger partial charge in [0.2, 0.25) is 0 Å². The number of piperidine rings is 1. The number of ether oxygens (including phenoxy) is 1. The molecular weight excluding hydrogens is 391 g/mol. The highest BCUT2D eigenvalue weighted by atomic mass is 32.1. The summed E-state index contributed by atoms with van der Waals surface area (Å²) in [6.45, 7) is 2.38. The van der Waals surface area contributed by atoms with Crippen LogP contribution in [0, 0.1) is 11.7 Å². The van der Waals surface area contributed by atoms with Crippen molar-refractivity contribution in [3.63, 3.8) is 0 Å². The molecule has 0 radical (unpaired) electrons. The molecule has 1 saturated carbocycles. The van der Waals surface area contributed by atoms with Crippen molar-refractivity contribution in [1.29, 1.82) is 0 Å². The molecule has 1 aromatic heterocycles. The number of amides is 2. The van der Waals surface area contributed by atoms with Crippen LogP contribution in [-0.4, -0.2) is 40.6 Å². The van der Waals surface area contributed by atoms with Crippen LogP contribution in [0.5, 0.6) is 11.5 Å². The van der Waals surface area contributed by atoms with Crippen LogP contribution in [0.15, 0.2) is 42.5 Å². The molecule has 1 aliphatic carbocycles. The lowest BCUT2D eigenvalue weighted by atomic mass is 9.68. The number of thiazole rings is 1. The van der Waals surface area contributed by atoms with E-state index in [4.69, 9.17) is 4.74 Å². The van der Waals surface area contributed by atoms with E-state index in [9.17, 15) is 9.18 Å². The molecule has 2 saturated heterocycles. The molecule has 4 atom stereocenters. The number of nitrogens with one attached hydrogen (secondary N) is 2. The molecule has 4 unspecified atom stereocenters. The van der Waals surface area contributed by atoms with Crippen molar-refractivity contribution in [1.82, 2.24) is 15.2 Å². The highest BCUT2D eigenvalue weighted by Crippen LogP contribution is 2.59. The van der Waals surface area contributed by atoms with Gasteiger partial charge in [-0.05, 0) is 55.8 Å². The fraction of sp³-hybridized carbons (Fsp3) is 0.333. The first-order valence-electron chi connectivity index (χ1n) is 9.76. The summed E-state index contributed by atoms with van der Waals surface area (Å²) in [6.07, 6.45) is 2.25. The Balaban J connectivity index is 1.12. The summed E-state index contributed by atoms with van der Waals surface area (Å²) >= 11 is 1.40. The SMILES string of the molecule is O=C(Nc1nc2ccc(Oc3ccc(F)cc3)cc2s1)NC1CC23CN2CCC13. The highest BCUT2D eigenvalue weighted by molar-refractivity contribution is 7.22. The summed E-state index contributed by atoms with van der Waals surface area (Å²) in [4.78, 5) is 19.4. The van der Waals surface area contributed by atoms with E-state index in [1.807, 2.05) is 18.2 Å². The van der Waals surface area contributed by atoms with Crippen LogP contribution >= 0.6 is 11.3 Å². The van der Waals surface area contributed by atoms with Gasteiger partial charge in [0, 0.05) is 30.1 Å². The van der Waals surface area contributed by atoms with Crippen LogP contribution in [0.2, 0.25) is 0 Å². The van der Waals surface area contributed by atoms with Crippen molar-refractivity contribution in [2.24, 2.45) is 5.92 Å². The first-order chi connectivity index (χ1) is 14.1. The molecule has 3 aliphatic rings. The molecule has 2 aliphatic heterocycles. The minimum atomic E-state index is -0.302. The lowest BCUT2D eigenvalue weighted by Gasteiger charge is -2.42. The summed E-state index contributed by atoms with van der Waals surface area (Å²) in [7, 11) is 0. The zero-order chi connectivity index (χ0) is 19.6. The Labute approximate surface area is 170 Å². The smallest absolute Gasteiger partial charge is 0.321 e. The number of nitrogens with zero attached hydrogens (tertiary/aromatic N) is 2. The third-order valence-electron chi connectivity index (χ3n) is 6.40.